The number of hydrogen-bond donors (Lipinski definition) is 1. The highest BCUT2D eigenvalue weighted by Crippen LogP contribution is 2.19. The Morgan fingerprint density at radius 2 is 2.10 bits per heavy atom. The number of likely N-dealkylation sites (tertiary alicyclic amines) is 1. The molecule has 1 aromatic heterocycles. The van der Waals surface area contributed by atoms with Gasteiger partial charge in [-0.1, -0.05) is 12.1 Å². The Hall–Kier alpha value is -1.46. The van der Waals surface area contributed by atoms with Gasteiger partial charge in [0, 0.05) is 32.6 Å². The van der Waals surface area contributed by atoms with Gasteiger partial charge < -0.3 is 15.0 Å². The number of hydrogen-bond acceptors (Lipinski definition) is 5. The summed E-state index contributed by atoms with van der Waals surface area (Å²) in [6, 6.07) is 6.48. The number of thiazole rings is 1. The maximum Gasteiger partial charge on any atom is 0.193 e. The van der Waals surface area contributed by atoms with Crippen LogP contribution in [0.15, 0.2) is 34.6 Å². The van der Waals surface area contributed by atoms with Gasteiger partial charge in [0.25, 0.3) is 0 Å². The highest BCUT2D eigenvalue weighted by molar-refractivity contribution is 14.0. The predicted octanol–water partition coefficient (Wildman–Crippen LogP) is 4.01. The van der Waals surface area contributed by atoms with Crippen molar-refractivity contribution in [2.24, 2.45) is 10.9 Å². The minimum absolute atomic E-state index is 0. The molecule has 0 radical (unpaired) electrons. The molecular weight excluding hydrogens is 528 g/mol. The topological polar surface area (TPSA) is 53.0 Å². The Morgan fingerprint density at radius 3 is 2.74 bits per heavy atom. The van der Waals surface area contributed by atoms with Gasteiger partial charge in [0.2, 0.25) is 0 Å². The molecule has 6 nitrogen and oxygen atoms in total. The highest BCUT2D eigenvalue weighted by atomic mass is 127. The summed E-state index contributed by atoms with van der Waals surface area (Å²) in [6.45, 7) is 7.15. The molecule has 1 aromatic carbocycles. The lowest BCUT2D eigenvalue weighted by Crippen LogP contribution is -2.44. The summed E-state index contributed by atoms with van der Waals surface area (Å²) in [6.07, 6.45) is 2.35. The minimum atomic E-state index is -0.334. The average molecular weight is 562 g/mol. The molecule has 0 aliphatic carbocycles. The molecule has 2 heterocycles. The predicted molar refractivity (Wildman–Crippen MR) is 136 cm³/mol. The number of guanidine groups is 1. The number of rotatable bonds is 8. The van der Waals surface area contributed by atoms with E-state index in [1.807, 2.05) is 11.9 Å². The lowest BCUT2D eigenvalue weighted by atomic mass is 9.97. The van der Waals surface area contributed by atoms with Crippen LogP contribution in [-0.4, -0.2) is 67.6 Å². The van der Waals surface area contributed by atoms with Crippen LogP contribution in [0.5, 0.6) is 5.75 Å². The summed E-state index contributed by atoms with van der Waals surface area (Å²) in [5.41, 5.74) is 1.19. The van der Waals surface area contributed by atoms with Crippen LogP contribution in [0.2, 0.25) is 0 Å². The molecule has 2 aromatic rings. The number of piperidine rings is 1. The number of benzene rings is 1. The zero-order valence-corrected chi connectivity index (χ0v) is 21.7. The monoisotopic (exact) mass is 561 g/mol. The zero-order chi connectivity index (χ0) is 21.3. The van der Waals surface area contributed by atoms with Crippen molar-refractivity contribution in [2.75, 3.05) is 46.9 Å². The first-order chi connectivity index (χ1) is 14.5. The fraction of sp³-hybridized carbons (Fsp3) is 0.545. The summed E-state index contributed by atoms with van der Waals surface area (Å²) < 4.78 is 19.2. The summed E-state index contributed by atoms with van der Waals surface area (Å²) in [4.78, 5) is 13.5. The normalized spacial score (nSPS) is 15.4. The number of aliphatic imine (C=N–C) groups is 1. The third-order valence-corrected chi connectivity index (χ3v) is 6.22. The Bertz CT molecular complexity index is 826. The van der Waals surface area contributed by atoms with Crippen LogP contribution >= 0.6 is 35.3 Å². The molecule has 1 fully saturated rings. The number of para-hydroxylation sites is 1. The van der Waals surface area contributed by atoms with E-state index >= 15 is 0 Å². The standard InChI is InChI=1S/C22H32FN5OS.HI/c1-17-26-19(16-30-17)15-28-10-8-18(9-11-28)14-25-22(24-2)27(3)12-13-29-21-7-5-4-6-20(21)23;/h4-7,16,18H,8-15H2,1-3H3,(H,24,25);1H. The van der Waals surface area contributed by atoms with Crippen molar-refractivity contribution in [2.45, 2.75) is 26.3 Å². The molecule has 0 bridgehead atoms. The summed E-state index contributed by atoms with van der Waals surface area (Å²) >= 11 is 1.72. The van der Waals surface area contributed by atoms with E-state index in [4.69, 9.17) is 4.74 Å². The second-order valence-electron chi connectivity index (χ2n) is 7.71. The molecule has 1 N–H and O–H groups in total. The van der Waals surface area contributed by atoms with Gasteiger partial charge in [-0.25, -0.2) is 9.37 Å². The van der Waals surface area contributed by atoms with Crippen molar-refractivity contribution in [3.05, 3.63) is 46.2 Å². The van der Waals surface area contributed by atoms with Gasteiger partial charge in [0.1, 0.15) is 6.61 Å². The van der Waals surface area contributed by atoms with Gasteiger partial charge in [-0.15, -0.1) is 35.3 Å². The van der Waals surface area contributed by atoms with Crippen LogP contribution in [0.1, 0.15) is 23.5 Å². The second-order valence-corrected chi connectivity index (χ2v) is 8.77. The molecule has 0 saturated carbocycles. The van der Waals surface area contributed by atoms with Crippen molar-refractivity contribution in [3.8, 4) is 5.75 Å². The maximum absolute atomic E-state index is 13.6. The van der Waals surface area contributed by atoms with Crippen LogP contribution in [0.4, 0.5) is 4.39 Å². The lowest BCUT2D eigenvalue weighted by molar-refractivity contribution is 0.176. The van der Waals surface area contributed by atoms with E-state index in [0.29, 0.717) is 19.1 Å². The molecule has 1 aliphatic heterocycles. The Morgan fingerprint density at radius 1 is 1.35 bits per heavy atom. The average Bonchev–Trinajstić information content (AvgIpc) is 3.15. The van der Waals surface area contributed by atoms with Crippen LogP contribution in [0.25, 0.3) is 0 Å². The number of halogens is 2. The quantitative estimate of drug-likeness (QED) is 0.300. The van der Waals surface area contributed by atoms with E-state index in [2.05, 4.69) is 32.5 Å². The van der Waals surface area contributed by atoms with E-state index in [-0.39, 0.29) is 35.5 Å². The van der Waals surface area contributed by atoms with Gasteiger partial charge in [-0.2, -0.15) is 0 Å². The molecule has 1 saturated heterocycles. The van der Waals surface area contributed by atoms with Crippen LogP contribution in [-0.2, 0) is 6.54 Å². The fourth-order valence-corrected chi connectivity index (χ4v) is 4.24. The number of likely N-dealkylation sites (N-methyl/N-ethyl adjacent to an activating group) is 1. The van der Waals surface area contributed by atoms with Crippen molar-refractivity contribution >= 4 is 41.3 Å². The van der Waals surface area contributed by atoms with Crippen LogP contribution < -0.4 is 10.1 Å². The summed E-state index contributed by atoms with van der Waals surface area (Å²) in [5, 5.41) is 6.79. The molecule has 3 rings (SSSR count). The third kappa shape index (κ3) is 8.19. The second kappa shape index (κ2) is 13.2. The Balaban J connectivity index is 0.00000341. The molecule has 0 atom stereocenters. The Kier molecular flexibility index (Phi) is 11.0. The minimum Gasteiger partial charge on any atom is -0.489 e. The van der Waals surface area contributed by atoms with Crippen LogP contribution in [0.3, 0.4) is 0 Å². The number of ether oxygens (including phenoxy) is 1. The molecule has 1 aliphatic rings. The largest absolute Gasteiger partial charge is 0.489 e. The number of nitrogens with one attached hydrogen (secondary N) is 1. The first-order valence-corrected chi connectivity index (χ1v) is 11.4. The molecule has 0 amide bonds. The first kappa shape index (κ1) is 25.8. The first-order valence-electron chi connectivity index (χ1n) is 10.5. The molecule has 9 heteroatoms. The van der Waals surface area contributed by atoms with Crippen molar-refractivity contribution in [3.63, 3.8) is 0 Å². The number of aromatic nitrogens is 1. The third-order valence-electron chi connectivity index (χ3n) is 5.40. The van der Waals surface area contributed by atoms with E-state index in [1.165, 1.54) is 24.6 Å². The van der Waals surface area contributed by atoms with Crippen molar-refractivity contribution < 1.29 is 9.13 Å². The Labute approximate surface area is 205 Å². The molecule has 0 unspecified atom stereocenters. The van der Waals surface area contributed by atoms with Gasteiger partial charge >= 0.3 is 0 Å². The van der Waals surface area contributed by atoms with Gasteiger partial charge in [-0.05, 0) is 50.9 Å². The summed E-state index contributed by atoms with van der Waals surface area (Å²) in [5.74, 6) is 1.43. The van der Waals surface area contributed by atoms with Gasteiger partial charge in [-0.3, -0.25) is 9.89 Å². The SMILES string of the molecule is CN=C(NCC1CCN(Cc2csc(C)n2)CC1)N(C)CCOc1ccccc1F.I. The summed E-state index contributed by atoms with van der Waals surface area (Å²) in [7, 11) is 3.76. The smallest absolute Gasteiger partial charge is 0.193 e. The van der Waals surface area contributed by atoms with Crippen molar-refractivity contribution in [1.82, 2.24) is 20.1 Å². The zero-order valence-electron chi connectivity index (χ0n) is 18.5. The lowest BCUT2D eigenvalue weighted by Gasteiger charge is -2.32. The molecule has 31 heavy (non-hydrogen) atoms. The molecule has 0 spiro atoms. The van der Waals surface area contributed by atoms with E-state index < -0.39 is 0 Å². The van der Waals surface area contributed by atoms with Crippen molar-refractivity contribution in [1.29, 1.82) is 0 Å². The number of aryl methyl sites for hydroxylation is 1. The van der Waals surface area contributed by atoms with E-state index in [1.54, 1.807) is 36.6 Å². The van der Waals surface area contributed by atoms with E-state index in [0.717, 1.165) is 37.1 Å². The number of nitrogens with zero attached hydrogens (tertiary/aromatic N) is 4. The van der Waals surface area contributed by atoms with Gasteiger partial charge in [0.15, 0.2) is 17.5 Å². The molecular formula is C22H33FIN5OS. The van der Waals surface area contributed by atoms with Gasteiger partial charge in [0.05, 0.1) is 17.2 Å². The van der Waals surface area contributed by atoms with E-state index in [9.17, 15) is 4.39 Å². The molecule has 172 valence electrons. The highest BCUT2D eigenvalue weighted by Gasteiger charge is 2.20. The fourth-order valence-electron chi connectivity index (χ4n) is 3.64. The van der Waals surface area contributed by atoms with Crippen LogP contribution in [0, 0.1) is 18.7 Å². The maximum atomic E-state index is 13.6.